The Labute approximate surface area is 81.7 Å². The number of carboxylic acid groups (broad SMARTS) is 1. The molecule has 2 atom stereocenters. The zero-order valence-corrected chi connectivity index (χ0v) is 7.90. The van der Waals surface area contributed by atoms with E-state index in [0.29, 0.717) is 12.8 Å². The molecule has 78 valence electrons. The fourth-order valence-corrected chi connectivity index (χ4v) is 1.55. The number of hydrogen-bond acceptors (Lipinski definition) is 3. The third-order valence-corrected chi connectivity index (χ3v) is 2.29. The Morgan fingerprint density at radius 1 is 1.36 bits per heavy atom. The maximum Gasteiger partial charge on any atom is 0.307 e. The van der Waals surface area contributed by atoms with Crippen molar-refractivity contribution in [3.63, 3.8) is 0 Å². The molecule has 1 rings (SSSR count). The molecule has 1 amide bonds. The van der Waals surface area contributed by atoms with Gasteiger partial charge >= 0.3 is 5.97 Å². The van der Waals surface area contributed by atoms with Gasteiger partial charge in [-0.05, 0) is 12.8 Å². The van der Waals surface area contributed by atoms with E-state index in [1.807, 2.05) is 6.08 Å². The minimum Gasteiger partial charge on any atom is -0.481 e. The molecule has 0 heterocycles. The molecule has 2 N–H and O–H groups in total. The molecule has 0 aromatic rings. The lowest BCUT2D eigenvalue weighted by Crippen LogP contribution is -2.38. The maximum atomic E-state index is 11.4. The monoisotopic (exact) mass is 199 g/mol. The molecular formula is C9H13NO4. The first-order valence-electron chi connectivity index (χ1n) is 4.37. The lowest BCUT2D eigenvalue weighted by atomic mass is 9.82. The summed E-state index contributed by atoms with van der Waals surface area (Å²) in [4.78, 5) is 26.7. The van der Waals surface area contributed by atoms with Gasteiger partial charge in [-0.2, -0.15) is 0 Å². The molecule has 1 aliphatic carbocycles. The van der Waals surface area contributed by atoms with Crippen LogP contribution in [0.15, 0.2) is 12.2 Å². The number of nitrogens with one attached hydrogen (secondary N) is 1. The minimum atomic E-state index is -0.939. The van der Waals surface area contributed by atoms with Gasteiger partial charge < -0.3 is 5.11 Å². The maximum absolute atomic E-state index is 11.4. The van der Waals surface area contributed by atoms with Gasteiger partial charge in [0.25, 0.3) is 0 Å². The van der Waals surface area contributed by atoms with Gasteiger partial charge in [0.05, 0.1) is 18.9 Å². The van der Waals surface area contributed by atoms with Gasteiger partial charge in [0.1, 0.15) is 0 Å². The van der Waals surface area contributed by atoms with E-state index in [9.17, 15) is 9.59 Å². The van der Waals surface area contributed by atoms with E-state index in [1.54, 1.807) is 6.08 Å². The van der Waals surface area contributed by atoms with Crippen molar-refractivity contribution in [3.05, 3.63) is 12.2 Å². The Hall–Kier alpha value is -1.36. The summed E-state index contributed by atoms with van der Waals surface area (Å²) in [6, 6.07) is 0. The van der Waals surface area contributed by atoms with Crippen LogP contribution in [0.3, 0.4) is 0 Å². The molecule has 0 saturated carbocycles. The molecule has 0 aromatic heterocycles. The Kier molecular flexibility index (Phi) is 3.64. The Bertz CT molecular complexity index is 262. The average molecular weight is 199 g/mol. The molecule has 0 bridgehead atoms. The number of hydrogen-bond donors (Lipinski definition) is 2. The molecule has 0 spiro atoms. The van der Waals surface area contributed by atoms with Gasteiger partial charge in [0, 0.05) is 0 Å². The highest BCUT2D eigenvalue weighted by atomic mass is 16.6. The second-order valence-electron chi connectivity index (χ2n) is 3.16. The standard InChI is InChI=1S/C9H13NO4/c1-14-10-8(11)6-4-2-3-5-7(6)9(12)13/h2-3,6-7H,4-5H2,1H3,(H,10,11)(H,12,13). The molecule has 5 nitrogen and oxygen atoms in total. The highest BCUT2D eigenvalue weighted by molar-refractivity contribution is 5.84. The van der Waals surface area contributed by atoms with Crippen molar-refractivity contribution in [1.82, 2.24) is 5.48 Å². The van der Waals surface area contributed by atoms with Crippen molar-refractivity contribution in [2.24, 2.45) is 11.8 Å². The molecule has 0 aromatic carbocycles. The highest BCUT2D eigenvalue weighted by Gasteiger charge is 2.33. The summed E-state index contributed by atoms with van der Waals surface area (Å²) in [5.41, 5.74) is 2.16. The molecule has 2 unspecified atom stereocenters. The molecule has 0 aliphatic heterocycles. The van der Waals surface area contributed by atoms with Gasteiger partial charge in [0.15, 0.2) is 0 Å². The number of carboxylic acids is 1. The zero-order valence-electron chi connectivity index (χ0n) is 7.90. The zero-order chi connectivity index (χ0) is 10.6. The average Bonchev–Trinajstić information content (AvgIpc) is 2.18. The van der Waals surface area contributed by atoms with Gasteiger partial charge in [-0.3, -0.25) is 14.4 Å². The van der Waals surface area contributed by atoms with Crippen LogP contribution in [-0.2, 0) is 14.4 Å². The molecule has 0 radical (unpaired) electrons. The minimum absolute atomic E-state index is 0.371. The van der Waals surface area contributed by atoms with Gasteiger partial charge in [-0.15, -0.1) is 0 Å². The van der Waals surface area contributed by atoms with Crippen molar-refractivity contribution < 1.29 is 19.5 Å². The quantitative estimate of drug-likeness (QED) is 0.507. The lowest BCUT2D eigenvalue weighted by molar-refractivity contribution is -0.150. The van der Waals surface area contributed by atoms with Crippen LogP contribution in [0.5, 0.6) is 0 Å². The second kappa shape index (κ2) is 4.76. The first kappa shape index (κ1) is 10.7. The largest absolute Gasteiger partial charge is 0.481 e. The van der Waals surface area contributed by atoms with Crippen LogP contribution in [0, 0.1) is 11.8 Å². The second-order valence-corrected chi connectivity index (χ2v) is 3.16. The van der Waals surface area contributed by atoms with E-state index >= 15 is 0 Å². The van der Waals surface area contributed by atoms with E-state index in [0.717, 1.165) is 0 Å². The summed E-state index contributed by atoms with van der Waals surface area (Å²) in [6.45, 7) is 0. The SMILES string of the molecule is CONC(=O)C1CC=CCC1C(=O)O. The number of hydroxylamine groups is 1. The van der Waals surface area contributed by atoms with E-state index in [4.69, 9.17) is 5.11 Å². The van der Waals surface area contributed by atoms with Crippen LogP contribution in [0.2, 0.25) is 0 Å². The van der Waals surface area contributed by atoms with Gasteiger partial charge in [-0.1, -0.05) is 12.2 Å². The Morgan fingerprint density at radius 2 is 1.93 bits per heavy atom. The molecule has 1 aliphatic rings. The normalized spacial score (nSPS) is 25.8. The van der Waals surface area contributed by atoms with Crippen LogP contribution < -0.4 is 5.48 Å². The fraction of sp³-hybridized carbons (Fsp3) is 0.556. The third kappa shape index (κ3) is 2.32. The predicted octanol–water partition coefficient (Wildman–Crippen LogP) is 0.331. The number of amides is 1. The highest BCUT2D eigenvalue weighted by Crippen LogP contribution is 2.25. The van der Waals surface area contributed by atoms with Gasteiger partial charge in [0.2, 0.25) is 5.91 Å². The predicted molar refractivity (Wildman–Crippen MR) is 48.1 cm³/mol. The van der Waals surface area contributed by atoms with Gasteiger partial charge in [-0.25, -0.2) is 5.48 Å². The third-order valence-electron chi connectivity index (χ3n) is 2.29. The number of rotatable bonds is 3. The summed E-state index contributed by atoms with van der Waals surface area (Å²) in [5, 5.41) is 8.87. The van der Waals surface area contributed by atoms with Crippen molar-refractivity contribution >= 4 is 11.9 Å². The van der Waals surface area contributed by atoms with Crippen LogP contribution in [-0.4, -0.2) is 24.1 Å². The molecule has 14 heavy (non-hydrogen) atoms. The Balaban J connectivity index is 2.69. The van der Waals surface area contributed by atoms with E-state index < -0.39 is 17.8 Å². The fourth-order valence-electron chi connectivity index (χ4n) is 1.55. The van der Waals surface area contributed by atoms with E-state index in [2.05, 4.69) is 10.3 Å². The number of allylic oxidation sites excluding steroid dienone is 2. The molecule has 0 fully saturated rings. The Morgan fingerprint density at radius 3 is 2.43 bits per heavy atom. The summed E-state index contributed by atoms with van der Waals surface area (Å²) in [5.74, 6) is -2.48. The number of carbonyl (C=O) groups excluding carboxylic acids is 1. The topological polar surface area (TPSA) is 75.6 Å². The summed E-state index contributed by atoms with van der Waals surface area (Å²) < 4.78 is 0. The summed E-state index contributed by atoms with van der Waals surface area (Å²) in [6.07, 6.45) is 4.46. The van der Waals surface area contributed by atoms with Crippen molar-refractivity contribution in [3.8, 4) is 0 Å². The smallest absolute Gasteiger partial charge is 0.307 e. The molecule has 0 saturated heterocycles. The van der Waals surface area contributed by atoms with Crippen molar-refractivity contribution in [2.75, 3.05) is 7.11 Å². The van der Waals surface area contributed by atoms with Crippen molar-refractivity contribution in [1.29, 1.82) is 0 Å². The molecule has 5 heteroatoms. The van der Waals surface area contributed by atoms with Crippen LogP contribution in [0.25, 0.3) is 0 Å². The number of carbonyl (C=O) groups is 2. The first-order valence-corrected chi connectivity index (χ1v) is 4.37. The van der Waals surface area contributed by atoms with E-state index in [1.165, 1.54) is 7.11 Å². The van der Waals surface area contributed by atoms with Crippen molar-refractivity contribution in [2.45, 2.75) is 12.8 Å². The van der Waals surface area contributed by atoms with E-state index in [-0.39, 0.29) is 5.91 Å². The molecular weight excluding hydrogens is 186 g/mol. The van der Waals surface area contributed by atoms with Crippen LogP contribution in [0.1, 0.15) is 12.8 Å². The summed E-state index contributed by atoms with van der Waals surface area (Å²) >= 11 is 0. The van der Waals surface area contributed by atoms with Crippen LogP contribution >= 0.6 is 0 Å². The number of aliphatic carboxylic acids is 1. The first-order chi connectivity index (χ1) is 6.66. The lowest BCUT2D eigenvalue weighted by Gasteiger charge is -2.23. The summed E-state index contributed by atoms with van der Waals surface area (Å²) in [7, 11) is 1.33. The van der Waals surface area contributed by atoms with Crippen LogP contribution in [0.4, 0.5) is 0 Å².